The Morgan fingerprint density at radius 2 is 1.76 bits per heavy atom. The lowest BCUT2D eigenvalue weighted by atomic mass is 10.1. The Bertz CT molecular complexity index is 930. The zero-order chi connectivity index (χ0) is 21.4. The average molecular weight is 479 g/mol. The van der Waals surface area contributed by atoms with Gasteiger partial charge in [-0.15, -0.1) is 10.1 Å². The van der Waals surface area contributed by atoms with Gasteiger partial charge in [0.1, 0.15) is 6.10 Å². The van der Waals surface area contributed by atoms with Gasteiger partial charge in [0.25, 0.3) is 5.09 Å². The van der Waals surface area contributed by atoms with Crippen LogP contribution in [0.1, 0.15) is 17.2 Å². The third-order valence-corrected chi connectivity index (χ3v) is 4.67. The molecule has 2 aromatic carbocycles. The number of imidazole rings is 1. The summed E-state index contributed by atoms with van der Waals surface area (Å²) in [5.41, 5.74) is 1.74. The van der Waals surface area contributed by atoms with E-state index in [0.717, 1.165) is 11.1 Å². The first-order chi connectivity index (χ1) is 13.7. The highest BCUT2D eigenvalue weighted by atomic mass is 35.5. The van der Waals surface area contributed by atoms with Gasteiger partial charge in [0, 0.05) is 32.5 Å². The van der Waals surface area contributed by atoms with Crippen LogP contribution in [0.3, 0.4) is 0 Å². The summed E-state index contributed by atoms with van der Waals surface area (Å²) in [6, 6.07) is 10.7. The Labute approximate surface area is 186 Å². The number of rotatable bonds is 6. The smallest absolute Gasteiger partial charge is 0.291 e. The van der Waals surface area contributed by atoms with Gasteiger partial charge in [-0.1, -0.05) is 52.5 Å². The van der Waals surface area contributed by atoms with Crippen molar-refractivity contribution in [2.45, 2.75) is 19.3 Å². The van der Waals surface area contributed by atoms with Crippen LogP contribution in [0.25, 0.3) is 0 Å². The zero-order valence-corrected chi connectivity index (χ0v) is 17.7. The summed E-state index contributed by atoms with van der Waals surface area (Å²) in [5.74, 6) is 0. The minimum atomic E-state index is -1.50. The molecule has 11 heteroatoms. The van der Waals surface area contributed by atoms with Crippen LogP contribution >= 0.6 is 46.4 Å². The number of halogens is 4. The summed E-state index contributed by atoms with van der Waals surface area (Å²) in [5, 5.41) is 15.9. The van der Waals surface area contributed by atoms with Crippen LogP contribution in [0.4, 0.5) is 0 Å². The van der Waals surface area contributed by atoms with E-state index in [2.05, 4.69) is 4.98 Å². The number of nitrogens with zero attached hydrogens (tertiary/aromatic N) is 3. The normalized spacial score (nSPS) is 11.4. The van der Waals surface area contributed by atoms with E-state index in [4.69, 9.17) is 66.5 Å². The second-order valence-corrected chi connectivity index (χ2v) is 7.45. The van der Waals surface area contributed by atoms with Gasteiger partial charge >= 0.3 is 0 Å². The Morgan fingerprint density at radius 1 is 1.10 bits per heavy atom. The second-order valence-electron chi connectivity index (χ2n) is 5.74. The lowest BCUT2D eigenvalue weighted by Gasteiger charge is -2.20. The lowest BCUT2D eigenvalue weighted by molar-refractivity contribution is -0.742. The van der Waals surface area contributed by atoms with Crippen LogP contribution in [0.2, 0.25) is 20.1 Å². The molecular formula is C18H15Cl4N3O4. The van der Waals surface area contributed by atoms with Crippen molar-refractivity contribution in [1.29, 1.82) is 0 Å². The summed E-state index contributed by atoms with van der Waals surface area (Å²) in [6.45, 7) is 0.904. The van der Waals surface area contributed by atoms with E-state index in [0.29, 0.717) is 33.2 Å². The Hall–Kier alpha value is -2.03. The average Bonchev–Trinajstić information content (AvgIpc) is 3.11. The molecule has 7 nitrogen and oxygen atoms in total. The van der Waals surface area contributed by atoms with Crippen molar-refractivity contribution in [3.63, 3.8) is 0 Å². The van der Waals surface area contributed by atoms with Crippen molar-refractivity contribution in [1.82, 2.24) is 9.55 Å². The molecule has 1 aromatic heterocycles. The van der Waals surface area contributed by atoms with Gasteiger partial charge < -0.3 is 14.5 Å². The molecule has 3 aromatic rings. The molecule has 1 N–H and O–H groups in total. The molecule has 154 valence electrons. The van der Waals surface area contributed by atoms with E-state index in [1.54, 1.807) is 30.7 Å². The Kier molecular flexibility index (Phi) is 9.00. The van der Waals surface area contributed by atoms with Crippen molar-refractivity contribution in [3.8, 4) is 0 Å². The molecule has 0 aliphatic carbocycles. The van der Waals surface area contributed by atoms with E-state index in [9.17, 15) is 0 Å². The highest BCUT2D eigenvalue weighted by Crippen LogP contribution is 2.29. The molecule has 0 bridgehead atoms. The summed E-state index contributed by atoms with van der Waals surface area (Å²) in [6.07, 6.45) is 5.06. The third kappa shape index (κ3) is 8.08. The van der Waals surface area contributed by atoms with Crippen LogP contribution in [0.15, 0.2) is 55.1 Å². The van der Waals surface area contributed by atoms with Gasteiger partial charge in [-0.25, -0.2) is 4.98 Å². The second kappa shape index (κ2) is 11.2. The topological polar surface area (TPSA) is 90.4 Å². The van der Waals surface area contributed by atoms with Gasteiger partial charge in [0.15, 0.2) is 0 Å². The van der Waals surface area contributed by atoms with Crippen molar-refractivity contribution in [3.05, 3.63) is 96.5 Å². The van der Waals surface area contributed by atoms with Crippen LogP contribution in [-0.2, 0) is 17.9 Å². The molecule has 0 spiro atoms. The first kappa shape index (κ1) is 23.3. The quantitative estimate of drug-likeness (QED) is 0.341. The third-order valence-electron chi connectivity index (χ3n) is 3.65. The first-order valence-corrected chi connectivity index (χ1v) is 9.56. The molecule has 29 heavy (non-hydrogen) atoms. The monoisotopic (exact) mass is 477 g/mol. The van der Waals surface area contributed by atoms with Crippen LogP contribution < -0.4 is 0 Å². The molecule has 1 heterocycles. The SMILES string of the molecule is Clc1cc(Cl)cc(C(Cn2ccnc2)OCc2ccc(Cl)cc2Cl)c1.O=[N+]([O-])O. The Balaban J connectivity index is 0.000000687. The molecule has 3 rings (SSSR count). The van der Waals surface area contributed by atoms with E-state index in [-0.39, 0.29) is 6.10 Å². The fourth-order valence-electron chi connectivity index (χ4n) is 2.43. The van der Waals surface area contributed by atoms with E-state index in [1.165, 1.54) is 0 Å². The number of aromatic nitrogens is 2. The highest BCUT2D eigenvalue weighted by molar-refractivity contribution is 6.35. The lowest BCUT2D eigenvalue weighted by Crippen LogP contribution is -2.12. The molecule has 1 unspecified atom stereocenters. The number of ether oxygens (including phenoxy) is 1. The molecule has 0 saturated carbocycles. The molecule has 0 radical (unpaired) electrons. The van der Waals surface area contributed by atoms with Crippen molar-refractivity contribution < 1.29 is 15.0 Å². The summed E-state index contributed by atoms with van der Waals surface area (Å²) in [7, 11) is 0. The standard InChI is InChI=1S/C18H14Cl4N2O.HNO3/c19-14-2-1-12(17(22)8-14)10-25-18(9-24-4-3-23-11-24)13-5-15(20)7-16(21)6-13;2-1(3)4/h1-8,11,18H,9-10H2;(H,2,3,4). The summed E-state index contributed by atoms with van der Waals surface area (Å²) < 4.78 is 8.06. The summed E-state index contributed by atoms with van der Waals surface area (Å²) >= 11 is 24.5. The van der Waals surface area contributed by atoms with Gasteiger partial charge in [0.05, 0.1) is 19.5 Å². The van der Waals surface area contributed by atoms with Crippen LogP contribution in [0, 0.1) is 10.1 Å². The minimum absolute atomic E-state index is 0.267. The van der Waals surface area contributed by atoms with Crippen molar-refractivity contribution in [2.75, 3.05) is 0 Å². The number of hydrogen-bond donors (Lipinski definition) is 1. The summed E-state index contributed by atoms with van der Waals surface area (Å²) in [4.78, 5) is 12.4. The van der Waals surface area contributed by atoms with Gasteiger partial charge in [-0.05, 0) is 41.5 Å². The van der Waals surface area contributed by atoms with Gasteiger partial charge in [-0.3, -0.25) is 0 Å². The molecule has 0 saturated heterocycles. The molecule has 0 aliphatic heterocycles. The van der Waals surface area contributed by atoms with Crippen molar-refractivity contribution in [2.24, 2.45) is 0 Å². The van der Waals surface area contributed by atoms with Crippen LogP contribution in [0.5, 0.6) is 0 Å². The molecular weight excluding hydrogens is 464 g/mol. The molecule has 0 fully saturated rings. The number of hydrogen-bond acceptors (Lipinski definition) is 4. The Morgan fingerprint density at radius 3 is 2.31 bits per heavy atom. The van der Waals surface area contributed by atoms with E-state index in [1.807, 2.05) is 29.0 Å². The van der Waals surface area contributed by atoms with E-state index < -0.39 is 5.09 Å². The number of benzene rings is 2. The van der Waals surface area contributed by atoms with E-state index >= 15 is 0 Å². The predicted octanol–water partition coefficient (Wildman–Crippen LogP) is 6.11. The largest absolute Gasteiger partial charge is 0.367 e. The predicted molar refractivity (Wildman–Crippen MR) is 111 cm³/mol. The zero-order valence-electron chi connectivity index (χ0n) is 14.7. The first-order valence-electron chi connectivity index (χ1n) is 8.05. The molecule has 0 amide bonds. The highest BCUT2D eigenvalue weighted by Gasteiger charge is 2.16. The van der Waals surface area contributed by atoms with Crippen molar-refractivity contribution >= 4 is 46.4 Å². The minimum Gasteiger partial charge on any atom is -0.367 e. The fourth-order valence-corrected chi connectivity index (χ4v) is 3.44. The van der Waals surface area contributed by atoms with Gasteiger partial charge in [0.2, 0.25) is 0 Å². The fraction of sp³-hybridized carbons (Fsp3) is 0.167. The molecule has 0 aliphatic rings. The van der Waals surface area contributed by atoms with Gasteiger partial charge in [-0.2, -0.15) is 0 Å². The van der Waals surface area contributed by atoms with Crippen LogP contribution in [-0.4, -0.2) is 19.8 Å². The maximum absolute atomic E-state index is 8.36. The maximum atomic E-state index is 8.36. The molecule has 1 atom stereocenters. The maximum Gasteiger partial charge on any atom is 0.291 e.